The molecule has 2 aromatic rings. The van der Waals surface area contributed by atoms with Crippen LogP contribution in [0.2, 0.25) is 0 Å². The van der Waals surface area contributed by atoms with Crippen molar-refractivity contribution in [1.29, 1.82) is 0 Å². The highest BCUT2D eigenvalue weighted by Gasteiger charge is 2.37. The molecule has 12 nitrogen and oxygen atoms in total. The number of esters is 1. The number of hydrogen-bond acceptors (Lipinski definition) is 11. The highest BCUT2D eigenvalue weighted by atomic mass is 32.2. The van der Waals surface area contributed by atoms with Crippen molar-refractivity contribution in [3.63, 3.8) is 0 Å². The van der Waals surface area contributed by atoms with E-state index >= 15 is 0 Å². The predicted molar refractivity (Wildman–Crippen MR) is 140 cm³/mol. The van der Waals surface area contributed by atoms with Crippen LogP contribution in [0.15, 0.2) is 12.7 Å². The van der Waals surface area contributed by atoms with Crippen molar-refractivity contribution in [3.05, 3.63) is 12.7 Å². The third-order valence-corrected chi connectivity index (χ3v) is 8.16. The Hall–Kier alpha value is -2.05. The second-order valence-corrected chi connectivity index (χ2v) is 12.3. The summed E-state index contributed by atoms with van der Waals surface area (Å²) in [5, 5.41) is 2.71. The normalized spacial score (nSPS) is 14.6. The molecule has 36 heavy (non-hydrogen) atoms. The SMILES string of the molecule is CCCSC(=O)C(C)(C)N[P@@](=O)(CO[C@H](C)Cn1cnc2c(N)ncnc21)OCCC(=O)OC(C)C. The molecule has 3 N–H and O–H groups in total. The van der Waals surface area contributed by atoms with E-state index in [0.717, 1.165) is 18.2 Å². The number of hydrogen-bond donors (Lipinski definition) is 2. The molecule has 2 atom stereocenters. The second-order valence-electron chi connectivity index (χ2n) is 9.10. The first-order chi connectivity index (χ1) is 16.9. The quantitative estimate of drug-likeness (QED) is 0.249. The molecule has 0 unspecified atom stereocenters. The number of carbonyl (C=O) groups excluding carboxylic acids is 2. The average molecular weight is 545 g/mol. The number of nitrogen functional groups attached to an aromatic ring is 1. The van der Waals surface area contributed by atoms with E-state index in [-0.39, 0.29) is 36.4 Å². The van der Waals surface area contributed by atoms with Crippen LogP contribution in [0.4, 0.5) is 5.82 Å². The van der Waals surface area contributed by atoms with Crippen LogP contribution in [0.1, 0.15) is 54.4 Å². The molecule has 2 heterocycles. The van der Waals surface area contributed by atoms with Crippen LogP contribution < -0.4 is 10.8 Å². The van der Waals surface area contributed by atoms with Gasteiger partial charge in [0.2, 0.25) is 5.12 Å². The summed E-state index contributed by atoms with van der Waals surface area (Å²) >= 11 is 1.16. The fourth-order valence-electron chi connectivity index (χ4n) is 3.13. The number of carbonyl (C=O) groups is 2. The molecule has 0 fully saturated rings. The Morgan fingerprint density at radius 2 is 1.97 bits per heavy atom. The van der Waals surface area contributed by atoms with Crippen LogP contribution in [0.3, 0.4) is 0 Å². The maximum absolute atomic E-state index is 13.7. The number of rotatable bonds is 15. The Morgan fingerprint density at radius 3 is 2.64 bits per heavy atom. The summed E-state index contributed by atoms with van der Waals surface area (Å²) in [4.78, 5) is 37.0. The van der Waals surface area contributed by atoms with E-state index in [9.17, 15) is 14.2 Å². The van der Waals surface area contributed by atoms with Crippen molar-refractivity contribution in [2.75, 3.05) is 24.4 Å². The molecule has 0 aliphatic carbocycles. The van der Waals surface area contributed by atoms with E-state index in [1.54, 1.807) is 45.5 Å². The molecule has 2 rings (SSSR count). The summed E-state index contributed by atoms with van der Waals surface area (Å²) in [6.45, 7) is 10.7. The Balaban J connectivity index is 2.08. The number of nitrogens with one attached hydrogen (secondary N) is 1. The van der Waals surface area contributed by atoms with E-state index in [2.05, 4.69) is 20.0 Å². The van der Waals surface area contributed by atoms with Crippen molar-refractivity contribution >= 4 is 47.3 Å². The molecule has 14 heteroatoms. The lowest BCUT2D eigenvalue weighted by atomic mass is 10.1. The number of fused-ring (bicyclic) bond motifs is 1. The van der Waals surface area contributed by atoms with E-state index in [0.29, 0.717) is 23.5 Å². The lowest BCUT2D eigenvalue weighted by molar-refractivity contribution is -0.147. The Kier molecular flexibility index (Phi) is 11.3. The standard InChI is InChI=1S/C22H37N6O6PS/c1-7-10-36-21(30)22(5,6)27-35(31,33-9-8-17(29)34-15(2)3)14-32-16(4)11-28-13-26-18-19(23)24-12-25-20(18)28/h12-13,15-16H,7-11,14H2,1-6H3,(H,27,31)(H2,23,24,25)/t16-,35-/m1/s1. The van der Waals surface area contributed by atoms with Gasteiger partial charge in [0.25, 0.3) is 7.52 Å². The highest BCUT2D eigenvalue weighted by Crippen LogP contribution is 2.45. The summed E-state index contributed by atoms with van der Waals surface area (Å²) in [5.41, 5.74) is 5.74. The molecule has 0 aliphatic heterocycles. The third-order valence-electron chi connectivity index (χ3n) is 4.78. The van der Waals surface area contributed by atoms with Crippen LogP contribution in [-0.2, 0) is 34.7 Å². The van der Waals surface area contributed by atoms with Gasteiger partial charge in [0.1, 0.15) is 18.2 Å². The zero-order valence-corrected chi connectivity index (χ0v) is 23.4. The Bertz CT molecular complexity index is 1080. The molecule has 0 saturated heterocycles. The zero-order chi connectivity index (χ0) is 26.9. The van der Waals surface area contributed by atoms with Crippen molar-refractivity contribution in [1.82, 2.24) is 24.6 Å². The number of nitrogens with two attached hydrogens (primary N) is 1. The average Bonchev–Trinajstić information content (AvgIpc) is 3.19. The molecular formula is C22H37N6O6PS. The Morgan fingerprint density at radius 1 is 1.25 bits per heavy atom. The topological polar surface area (TPSA) is 161 Å². The lowest BCUT2D eigenvalue weighted by Crippen LogP contribution is -2.44. The molecule has 0 amide bonds. The van der Waals surface area contributed by atoms with Crippen molar-refractivity contribution in [3.8, 4) is 0 Å². The van der Waals surface area contributed by atoms with Gasteiger partial charge in [0.05, 0.1) is 43.6 Å². The van der Waals surface area contributed by atoms with Gasteiger partial charge in [0, 0.05) is 5.75 Å². The molecule has 2 aromatic heterocycles. The van der Waals surface area contributed by atoms with Crippen molar-refractivity contribution in [2.45, 2.75) is 78.7 Å². The molecule has 0 radical (unpaired) electrons. The molecular weight excluding hydrogens is 507 g/mol. The van der Waals surface area contributed by atoms with Crippen molar-refractivity contribution < 1.29 is 28.2 Å². The van der Waals surface area contributed by atoms with Gasteiger partial charge in [-0.1, -0.05) is 18.7 Å². The number of nitrogens with zero attached hydrogens (tertiary/aromatic N) is 4. The first-order valence-corrected chi connectivity index (χ1v) is 14.6. The summed E-state index contributed by atoms with van der Waals surface area (Å²) in [7, 11) is -3.70. The fourth-order valence-corrected chi connectivity index (χ4v) is 6.01. The number of anilines is 1. The van der Waals surface area contributed by atoms with Gasteiger partial charge in [-0.3, -0.25) is 14.2 Å². The first kappa shape index (κ1) is 30.2. The van der Waals surface area contributed by atoms with Gasteiger partial charge < -0.3 is 24.3 Å². The number of aromatic nitrogens is 4. The third kappa shape index (κ3) is 9.11. The summed E-state index contributed by atoms with van der Waals surface area (Å²) in [5.74, 6) is 0.461. The maximum atomic E-state index is 13.7. The molecule has 202 valence electrons. The number of imidazole rings is 1. The molecule has 0 aromatic carbocycles. The van der Waals surface area contributed by atoms with Gasteiger partial charge in [-0.05, 0) is 41.0 Å². The minimum atomic E-state index is -3.70. The monoisotopic (exact) mass is 544 g/mol. The van der Waals surface area contributed by atoms with Gasteiger partial charge in [0.15, 0.2) is 11.5 Å². The maximum Gasteiger partial charge on any atom is 0.308 e. The van der Waals surface area contributed by atoms with Crippen molar-refractivity contribution in [2.24, 2.45) is 0 Å². The first-order valence-electron chi connectivity index (χ1n) is 11.8. The predicted octanol–water partition coefficient (Wildman–Crippen LogP) is 3.36. The molecule has 0 spiro atoms. The summed E-state index contributed by atoms with van der Waals surface area (Å²) in [6.07, 6.45) is 2.69. The summed E-state index contributed by atoms with van der Waals surface area (Å²) < 4.78 is 32.1. The van der Waals surface area contributed by atoms with Gasteiger partial charge >= 0.3 is 5.97 Å². The second kappa shape index (κ2) is 13.5. The fraction of sp³-hybridized carbons (Fsp3) is 0.682. The number of thioether (sulfide) groups is 1. The number of ether oxygens (including phenoxy) is 2. The molecule has 0 saturated carbocycles. The minimum Gasteiger partial charge on any atom is -0.463 e. The van der Waals surface area contributed by atoms with Gasteiger partial charge in [-0.15, -0.1) is 0 Å². The van der Waals surface area contributed by atoms with E-state index < -0.39 is 25.1 Å². The smallest absolute Gasteiger partial charge is 0.308 e. The largest absolute Gasteiger partial charge is 0.463 e. The minimum absolute atomic E-state index is 0.0828. The van der Waals surface area contributed by atoms with Gasteiger partial charge in [-0.2, -0.15) is 0 Å². The molecule has 0 aliphatic rings. The van der Waals surface area contributed by atoms with Crippen LogP contribution in [0.25, 0.3) is 11.2 Å². The zero-order valence-electron chi connectivity index (χ0n) is 21.7. The van der Waals surface area contributed by atoms with Crippen LogP contribution in [-0.4, -0.2) is 67.1 Å². The van der Waals surface area contributed by atoms with E-state index in [1.165, 1.54) is 6.33 Å². The van der Waals surface area contributed by atoms with Crippen LogP contribution in [0, 0.1) is 0 Å². The highest BCUT2D eigenvalue weighted by molar-refractivity contribution is 8.13. The Labute approximate surface area is 216 Å². The summed E-state index contributed by atoms with van der Waals surface area (Å²) in [6, 6.07) is 0. The van der Waals surface area contributed by atoms with E-state index in [1.807, 2.05) is 6.92 Å². The van der Waals surface area contributed by atoms with Gasteiger partial charge in [-0.25, -0.2) is 20.0 Å². The van der Waals surface area contributed by atoms with Crippen LogP contribution in [0.5, 0.6) is 0 Å². The molecule has 0 bridgehead atoms. The van der Waals surface area contributed by atoms with E-state index in [4.69, 9.17) is 19.7 Å². The lowest BCUT2D eigenvalue weighted by Gasteiger charge is -2.30. The van der Waals surface area contributed by atoms with Crippen LogP contribution >= 0.6 is 19.3 Å².